The number of para-hydroxylation sites is 1. The van der Waals surface area contributed by atoms with Crippen LogP contribution in [0.3, 0.4) is 0 Å². The summed E-state index contributed by atoms with van der Waals surface area (Å²) in [6.45, 7) is 0. The lowest BCUT2D eigenvalue weighted by molar-refractivity contribution is 0.0594. The van der Waals surface area contributed by atoms with E-state index < -0.39 is 5.97 Å². The summed E-state index contributed by atoms with van der Waals surface area (Å²) < 4.78 is 4.90. The Hall–Kier alpha value is -3.15. The lowest BCUT2D eigenvalue weighted by atomic mass is 10.1. The van der Waals surface area contributed by atoms with Gasteiger partial charge in [-0.25, -0.2) is 14.8 Å². The van der Waals surface area contributed by atoms with E-state index in [0.717, 1.165) is 27.2 Å². The van der Waals surface area contributed by atoms with Crippen molar-refractivity contribution in [2.45, 2.75) is 0 Å². The van der Waals surface area contributed by atoms with Gasteiger partial charge in [-0.3, -0.25) is 0 Å². The molecule has 0 radical (unpaired) electrons. The molecular weight excluding hydrogens is 409 g/mol. The van der Waals surface area contributed by atoms with Crippen LogP contribution in [0.2, 0.25) is 10.0 Å². The number of halogens is 2. The molecule has 0 spiro atoms. The SMILES string of the molecule is COC(=O)c1cc2c([nH]c3ccccc32)c(-c2ccc3c(Cl)cc(Cl)cc3n2)n1. The van der Waals surface area contributed by atoms with Gasteiger partial charge >= 0.3 is 5.97 Å². The van der Waals surface area contributed by atoms with E-state index in [1.807, 2.05) is 36.4 Å². The number of aromatic nitrogens is 3. The summed E-state index contributed by atoms with van der Waals surface area (Å²) in [6, 6.07) is 16.7. The van der Waals surface area contributed by atoms with Gasteiger partial charge in [-0.2, -0.15) is 0 Å². The van der Waals surface area contributed by atoms with Crippen molar-refractivity contribution in [3.63, 3.8) is 0 Å². The highest BCUT2D eigenvalue weighted by molar-refractivity contribution is 6.38. The molecule has 0 aliphatic rings. The van der Waals surface area contributed by atoms with Crippen LogP contribution in [0.25, 0.3) is 44.1 Å². The molecule has 5 rings (SSSR count). The number of benzene rings is 2. The molecule has 7 heteroatoms. The van der Waals surface area contributed by atoms with Gasteiger partial charge in [0.1, 0.15) is 11.4 Å². The average molecular weight is 422 g/mol. The number of aromatic amines is 1. The number of nitrogens with one attached hydrogen (secondary N) is 1. The number of hydrogen-bond donors (Lipinski definition) is 1. The highest BCUT2D eigenvalue weighted by atomic mass is 35.5. The molecule has 0 bridgehead atoms. The van der Waals surface area contributed by atoms with Crippen LogP contribution in [-0.4, -0.2) is 28.0 Å². The van der Waals surface area contributed by atoms with Crippen molar-refractivity contribution in [3.8, 4) is 11.4 Å². The number of methoxy groups -OCH3 is 1. The molecule has 3 heterocycles. The van der Waals surface area contributed by atoms with Gasteiger partial charge in [0.25, 0.3) is 0 Å². The number of esters is 1. The summed E-state index contributed by atoms with van der Waals surface area (Å²) in [6.07, 6.45) is 0. The van der Waals surface area contributed by atoms with Crippen LogP contribution in [-0.2, 0) is 4.74 Å². The summed E-state index contributed by atoms with van der Waals surface area (Å²) in [5, 5.41) is 3.68. The second-order valence-electron chi connectivity index (χ2n) is 6.59. The number of rotatable bonds is 2. The van der Waals surface area contributed by atoms with Gasteiger partial charge in [0.2, 0.25) is 0 Å². The van der Waals surface area contributed by atoms with Crippen molar-refractivity contribution in [2.75, 3.05) is 7.11 Å². The molecule has 0 aliphatic heterocycles. The molecule has 0 saturated carbocycles. The normalized spacial score (nSPS) is 11.4. The predicted molar refractivity (Wildman–Crippen MR) is 116 cm³/mol. The first kappa shape index (κ1) is 17.9. The topological polar surface area (TPSA) is 67.9 Å². The van der Waals surface area contributed by atoms with Crippen LogP contribution in [0.1, 0.15) is 10.5 Å². The second kappa shape index (κ2) is 6.72. The van der Waals surface area contributed by atoms with Crippen molar-refractivity contribution in [1.82, 2.24) is 15.0 Å². The number of nitrogens with zero attached hydrogens (tertiary/aromatic N) is 2. The molecule has 0 saturated heterocycles. The number of fused-ring (bicyclic) bond motifs is 4. The number of carbonyl (C=O) groups excluding carboxylic acids is 1. The summed E-state index contributed by atoms with van der Waals surface area (Å²) in [5.41, 5.74) is 3.74. The Bertz CT molecular complexity index is 1440. The third kappa shape index (κ3) is 2.90. The highest BCUT2D eigenvalue weighted by Gasteiger charge is 2.18. The van der Waals surface area contributed by atoms with E-state index in [-0.39, 0.29) is 5.69 Å². The van der Waals surface area contributed by atoms with Crippen molar-refractivity contribution in [3.05, 3.63) is 70.3 Å². The van der Waals surface area contributed by atoms with Crippen molar-refractivity contribution in [2.24, 2.45) is 0 Å². The van der Waals surface area contributed by atoms with E-state index in [0.29, 0.717) is 26.9 Å². The molecule has 5 nitrogen and oxygen atoms in total. The smallest absolute Gasteiger partial charge is 0.356 e. The van der Waals surface area contributed by atoms with Crippen LogP contribution in [0, 0.1) is 0 Å². The maximum absolute atomic E-state index is 12.3. The zero-order valence-electron chi connectivity index (χ0n) is 15.2. The van der Waals surface area contributed by atoms with E-state index >= 15 is 0 Å². The largest absolute Gasteiger partial charge is 0.464 e. The molecule has 0 atom stereocenters. The minimum absolute atomic E-state index is 0.214. The number of hydrogen-bond acceptors (Lipinski definition) is 4. The van der Waals surface area contributed by atoms with Gasteiger partial charge in [-0.1, -0.05) is 41.4 Å². The Morgan fingerprint density at radius 2 is 1.79 bits per heavy atom. The van der Waals surface area contributed by atoms with Crippen molar-refractivity contribution >= 4 is 61.9 Å². The molecule has 0 unspecified atom stereocenters. The Morgan fingerprint density at radius 1 is 0.966 bits per heavy atom. The Morgan fingerprint density at radius 3 is 2.62 bits per heavy atom. The number of carbonyl (C=O) groups is 1. The van der Waals surface area contributed by atoms with Crippen LogP contribution in [0.15, 0.2) is 54.6 Å². The standard InChI is InChI=1S/C22H13Cl2N3O2/c1-29-22(28)19-10-14-12-4-2-3-5-16(12)26-20(14)21(27-19)17-7-6-13-15(24)8-11(23)9-18(13)25-17/h2-10,26H,1H3. The molecule has 3 aromatic heterocycles. The lowest BCUT2D eigenvalue weighted by Gasteiger charge is -2.08. The lowest BCUT2D eigenvalue weighted by Crippen LogP contribution is -2.05. The number of ether oxygens (including phenoxy) is 1. The van der Waals surface area contributed by atoms with Gasteiger partial charge < -0.3 is 9.72 Å². The summed E-state index contributed by atoms with van der Waals surface area (Å²) in [4.78, 5) is 24.9. The van der Waals surface area contributed by atoms with Gasteiger partial charge in [-0.05, 0) is 36.4 Å². The van der Waals surface area contributed by atoms with E-state index in [9.17, 15) is 4.79 Å². The first-order valence-corrected chi connectivity index (χ1v) is 9.56. The molecule has 29 heavy (non-hydrogen) atoms. The van der Waals surface area contributed by atoms with Gasteiger partial charge in [0.15, 0.2) is 0 Å². The van der Waals surface area contributed by atoms with Crippen LogP contribution in [0.4, 0.5) is 0 Å². The van der Waals surface area contributed by atoms with Crippen LogP contribution in [0.5, 0.6) is 0 Å². The average Bonchev–Trinajstić information content (AvgIpc) is 3.10. The van der Waals surface area contributed by atoms with E-state index in [2.05, 4.69) is 9.97 Å². The molecule has 2 aromatic carbocycles. The third-order valence-electron chi connectivity index (χ3n) is 4.85. The predicted octanol–water partition coefficient (Wildman–Crippen LogP) is 6.02. The maximum atomic E-state index is 12.3. The summed E-state index contributed by atoms with van der Waals surface area (Å²) in [5.74, 6) is -0.509. The van der Waals surface area contributed by atoms with Gasteiger partial charge in [-0.15, -0.1) is 0 Å². The molecule has 1 N–H and O–H groups in total. The number of H-pyrrole nitrogens is 1. The molecule has 0 aliphatic carbocycles. The Kier molecular flexibility index (Phi) is 4.15. The fourth-order valence-electron chi connectivity index (χ4n) is 3.53. The Labute approximate surface area is 175 Å². The van der Waals surface area contributed by atoms with E-state index in [1.165, 1.54) is 7.11 Å². The minimum Gasteiger partial charge on any atom is -0.464 e. The van der Waals surface area contributed by atoms with E-state index in [1.54, 1.807) is 18.2 Å². The first-order chi connectivity index (χ1) is 14.0. The maximum Gasteiger partial charge on any atom is 0.356 e. The van der Waals surface area contributed by atoms with Gasteiger partial charge in [0, 0.05) is 26.7 Å². The van der Waals surface area contributed by atoms with Crippen molar-refractivity contribution in [1.29, 1.82) is 0 Å². The van der Waals surface area contributed by atoms with Crippen molar-refractivity contribution < 1.29 is 9.53 Å². The first-order valence-electron chi connectivity index (χ1n) is 8.81. The van der Waals surface area contributed by atoms with Crippen LogP contribution >= 0.6 is 23.2 Å². The molecule has 5 aromatic rings. The fraction of sp³-hybridized carbons (Fsp3) is 0.0455. The number of pyridine rings is 2. The third-order valence-corrected chi connectivity index (χ3v) is 5.39. The van der Waals surface area contributed by atoms with Gasteiger partial charge in [0.05, 0.1) is 28.9 Å². The quantitative estimate of drug-likeness (QED) is 0.353. The molecular formula is C22H13Cl2N3O2. The zero-order chi connectivity index (χ0) is 20.1. The highest BCUT2D eigenvalue weighted by Crippen LogP contribution is 2.34. The fourth-order valence-corrected chi connectivity index (χ4v) is 4.08. The minimum atomic E-state index is -0.509. The molecule has 0 fully saturated rings. The molecule has 142 valence electrons. The molecule has 0 amide bonds. The summed E-state index contributed by atoms with van der Waals surface area (Å²) >= 11 is 12.4. The Balaban J connectivity index is 1.86. The zero-order valence-corrected chi connectivity index (χ0v) is 16.7. The van der Waals surface area contributed by atoms with E-state index in [4.69, 9.17) is 32.9 Å². The summed E-state index contributed by atoms with van der Waals surface area (Å²) in [7, 11) is 1.33. The monoisotopic (exact) mass is 421 g/mol. The van der Waals surface area contributed by atoms with Crippen LogP contribution < -0.4 is 0 Å². The second-order valence-corrected chi connectivity index (χ2v) is 7.44.